The first-order chi connectivity index (χ1) is 7.93. The lowest BCUT2D eigenvalue weighted by molar-refractivity contribution is 0.374. The predicted molar refractivity (Wildman–Crippen MR) is 59.1 cm³/mol. The third kappa shape index (κ3) is 0.906. The summed E-state index contributed by atoms with van der Waals surface area (Å²) >= 11 is 0. The van der Waals surface area contributed by atoms with E-state index in [-0.39, 0.29) is 6.04 Å². The normalized spacial score (nSPS) is 25.2. The molecule has 1 atom stereocenters. The van der Waals surface area contributed by atoms with E-state index in [1.165, 1.54) is 0 Å². The SMILES string of the molecule is C1=CC2C(=NC=C3NNCN32)c2ccoc21. The number of rotatable bonds is 0. The van der Waals surface area contributed by atoms with E-state index in [9.17, 15) is 0 Å². The first-order valence-electron chi connectivity index (χ1n) is 5.23. The Labute approximate surface area is 92.1 Å². The van der Waals surface area contributed by atoms with Crippen LogP contribution in [0.4, 0.5) is 0 Å². The summed E-state index contributed by atoms with van der Waals surface area (Å²) < 4.78 is 5.38. The minimum Gasteiger partial charge on any atom is -0.464 e. The Bertz CT molecular complexity index is 540. The number of hydrazine groups is 1. The summed E-state index contributed by atoms with van der Waals surface area (Å²) in [5.74, 6) is 1.91. The van der Waals surface area contributed by atoms with Gasteiger partial charge >= 0.3 is 0 Å². The summed E-state index contributed by atoms with van der Waals surface area (Å²) in [5, 5.41) is 0. The zero-order chi connectivity index (χ0) is 10.5. The van der Waals surface area contributed by atoms with Gasteiger partial charge in [-0.2, -0.15) is 0 Å². The fourth-order valence-electron chi connectivity index (χ4n) is 2.35. The van der Waals surface area contributed by atoms with Crippen LogP contribution in [0.3, 0.4) is 0 Å². The quantitative estimate of drug-likeness (QED) is 0.665. The van der Waals surface area contributed by atoms with Gasteiger partial charge in [-0.25, -0.2) is 5.43 Å². The molecule has 1 aromatic rings. The Kier molecular flexibility index (Phi) is 1.41. The molecule has 4 rings (SSSR count). The molecule has 0 saturated carbocycles. The molecule has 5 nitrogen and oxygen atoms in total. The summed E-state index contributed by atoms with van der Waals surface area (Å²) in [6.07, 6.45) is 7.69. The summed E-state index contributed by atoms with van der Waals surface area (Å²) in [5.41, 5.74) is 8.32. The molecular formula is C11H10N4O. The molecule has 1 saturated heterocycles. The van der Waals surface area contributed by atoms with Gasteiger partial charge in [0.1, 0.15) is 11.6 Å². The van der Waals surface area contributed by atoms with Crippen LogP contribution in [-0.4, -0.2) is 23.3 Å². The molecule has 3 aliphatic rings. The van der Waals surface area contributed by atoms with Crippen LogP contribution in [0.5, 0.6) is 0 Å². The summed E-state index contributed by atoms with van der Waals surface area (Å²) in [4.78, 5) is 6.74. The van der Waals surface area contributed by atoms with Gasteiger partial charge in [0.05, 0.1) is 30.9 Å². The molecule has 16 heavy (non-hydrogen) atoms. The van der Waals surface area contributed by atoms with E-state index in [1.807, 2.05) is 18.3 Å². The number of nitrogens with one attached hydrogen (secondary N) is 2. The minimum absolute atomic E-state index is 0.201. The summed E-state index contributed by atoms with van der Waals surface area (Å²) in [6.45, 7) is 0.785. The van der Waals surface area contributed by atoms with Crippen molar-refractivity contribution >= 4 is 11.8 Å². The average Bonchev–Trinajstić information content (AvgIpc) is 2.96. The number of nitrogens with zero attached hydrogens (tertiary/aromatic N) is 2. The Hall–Kier alpha value is -2.01. The van der Waals surface area contributed by atoms with Crippen molar-refractivity contribution in [3.8, 4) is 0 Å². The van der Waals surface area contributed by atoms with E-state index in [4.69, 9.17) is 4.42 Å². The molecule has 0 radical (unpaired) electrons. The van der Waals surface area contributed by atoms with E-state index in [0.717, 1.165) is 29.5 Å². The van der Waals surface area contributed by atoms with Gasteiger partial charge in [0.15, 0.2) is 0 Å². The van der Waals surface area contributed by atoms with Crippen LogP contribution in [-0.2, 0) is 0 Å². The maximum absolute atomic E-state index is 5.38. The lowest BCUT2D eigenvalue weighted by Gasteiger charge is -2.31. The highest BCUT2D eigenvalue weighted by Crippen LogP contribution is 2.28. The van der Waals surface area contributed by atoms with Crippen molar-refractivity contribution in [2.75, 3.05) is 6.67 Å². The zero-order valence-electron chi connectivity index (χ0n) is 8.47. The van der Waals surface area contributed by atoms with Gasteiger partial charge in [-0.1, -0.05) is 6.08 Å². The van der Waals surface area contributed by atoms with Crippen molar-refractivity contribution < 1.29 is 4.42 Å². The fraction of sp³-hybridized carbons (Fsp3) is 0.182. The molecular weight excluding hydrogens is 204 g/mol. The number of fused-ring (bicyclic) bond motifs is 5. The van der Waals surface area contributed by atoms with Crippen molar-refractivity contribution in [3.05, 3.63) is 41.8 Å². The molecule has 2 N–H and O–H groups in total. The molecule has 3 heterocycles. The largest absolute Gasteiger partial charge is 0.464 e. The molecule has 0 amide bonds. The summed E-state index contributed by atoms with van der Waals surface area (Å²) in [7, 11) is 0. The van der Waals surface area contributed by atoms with E-state index in [1.54, 1.807) is 6.26 Å². The van der Waals surface area contributed by atoms with Gasteiger partial charge < -0.3 is 14.7 Å². The van der Waals surface area contributed by atoms with Crippen molar-refractivity contribution in [1.82, 2.24) is 15.8 Å². The monoisotopic (exact) mass is 214 g/mol. The Balaban J connectivity index is 1.89. The van der Waals surface area contributed by atoms with Crippen molar-refractivity contribution in [2.24, 2.45) is 4.99 Å². The standard InChI is InChI=1S/C11H10N4O/c1-2-9-7(3-4-16-9)11-8(1)15-6-13-14-10(15)5-12-11/h1-5,8,13-14H,6H2. The smallest absolute Gasteiger partial charge is 0.137 e. The minimum atomic E-state index is 0.201. The highest BCUT2D eigenvalue weighted by atomic mass is 16.3. The molecule has 0 spiro atoms. The maximum atomic E-state index is 5.38. The molecule has 1 aliphatic carbocycles. The number of hydrogen-bond donors (Lipinski definition) is 2. The van der Waals surface area contributed by atoms with Gasteiger partial charge in [-0.15, -0.1) is 0 Å². The second-order valence-corrected chi connectivity index (χ2v) is 3.96. The Morgan fingerprint density at radius 3 is 3.50 bits per heavy atom. The number of furan rings is 1. The molecule has 1 unspecified atom stereocenters. The van der Waals surface area contributed by atoms with Gasteiger partial charge in [0.2, 0.25) is 0 Å². The molecule has 80 valence electrons. The molecule has 1 aromatic heterocycles. The van der Waals surface area contributed by atoms with Gasteiger partial charge in [0.25, 0.3) is 0 Å². The van der Waals surface area contributed by atoms with Crippen LogP contribution >= 0.6 is 0 Å². The zero-order valence-corrected chi connectivity index (χ0v) is 8.47. The molecule has 5 heteroatoms. The Morgan fingerprint density at radius 1 is 1.50 bits per heavy atom. The van der Waals surface area contributed by atoms with E-state index < -0.39 is 0 Å². The van der Waals surface area contributed by atoms with E-state index in [0.29, 0.717) is 0 Å². The van der Waals surface area contributed by atoms with Crippen LogP contribution in [0.15, 0.2) is 39.8 Å². The van der Waals surface area contributed by atoms with Crippen LogP contribution in [0.25, 0.3) is 6.08 Å². The third-order valence-corrected chi connectivity index (χ3v) is 3.12. The van der Waals surface area contributed by atoms with E-state index >= 15 is 0 Å². The van der Waals surface area contributed by atoms with Gasteiger partial charge in [0, 0.05) is 5.56 Å². The maximum Gasteiger partial charge on any atom is 0.137 e. The average molecular weight is 214 g/mol. The number of aliphatic imine (C=N–C) groups is 1. The lowest BCUT2D eigenvalue weighted by Crippen LogP contribution is -2.41. The number of hydrogen-bond acceptors (Lipinski definition) is 5. The topological polar surface area (TPSA) is 52.8 Å². The van der Waals surface area contributed by atoms with Crippen molar-refractivity contribution in [2.45, 2.75) is 6.04 Å². The Morgan fingerprint density at radius 2 is 2.50 bits per heavy atom. The second kappa shape index (κ2) is 2.76. The predicted octanol–water partition coefficient (Wildman–Crippen LogP) is 0.644. The van der Waals surface area contributed by atoms with Crippen LogP contribution in [0.1, 0.15) is 11.3 Å². The molecule has 0 bridgehead atoms. The second-order valence-electron chi connectivity index (χ2n) is 3.96. The lowest BCUT2D eigenvalue weighted by atomic mass is 9.96. The third-order valence-electron chi connectivity index (χ3n) is 3.12. The van der Waals surface area contributed by atoms with Crippen LogP contribution < -0.4 is 10.9 Å². The van der Waals surface area contributed by atoms with Gasteiger partial charge in [-0.05, 0) is 12.1 Å². The highest BCUT2D eigenvalue weighted by molar-refractivity contribution is 6.10. The molecule has 2 aliphatic heterocycles. The molecule has 1 fully saturated rings. The van der Waals surface area contributed by atoms with Gasteiger partial charge in [-0.3, -0.25) is 4.99 Å². The first-order valence-corrected chi connectivity index (χ1v) is 5.23. The first kappa shape index (κ1) is 8.18. The molecule has 0 aromatic carbocycles. The summed E-state index contributed by atoms with van der Waals surface area (Å²) in [6, 6.07) is 2.17. The van der Waals surface area contributed by atoms with Crippen LogP contribution in [0.2, 0.25) is 0 Å². The fourth-order valence-corrected chi connectivity index (χ4v) is 2.35. The van der Waals surface area contributed by atoms with Crippen molar-refractivity contribution in [1.29, 1.82) is 0 Å². The van der Waals surface area contributed by atoms with Crippen molar-refractivity contribution in [3.63, 3.8) is 0 Å². The highest BCUT2D eigenvalue weighted by Gasteiger charge is 2.33. The van der Waals surface area contributed by atoms with Crippen LogP contribution in [0, 0.1) is 0 Å². The van der Waals surface area contributed by atoms with E-state index in [2.05, 4.69) is 26.8 Å².